The molecule has 0 bridgehead atoms. The maximum absolute atomic E-state index is 4.36. The number of halogens is 1. The summed E-state index contributed by atoms with van der Waals surface area (Å²) in [6.45, 7) is 3.81. The summed E-state index contributed by atoms with van der Waals surface area (Å²) < 4.78 is 0. The highest BCUT2D eigenvalue weighted by Gasteiger charge is 2.01. The quantitative estimate of drug-likeness (QED) is 0.217. The summed E-state index contributed by atoms with van der Waals surface area (Å²) >= 11 is 3.59. The average molecular weight is 462 g/mol. The molecule has 0 atom stereocenters. The van der Waals surface area contributed by atoms with Gasteiger partial charge in [-0.15, -0.1) is 47.1 Å². The lowest BCUT2D eigenvalue weighted by atomic mass is 10.4. The third-order valence-corrected chi connectivity index (χ3v) is 4.92. The van der Waals surface area contributed by atoms with E-state index in [0.717, 1.165) is 31.2 Å². The van der Waals surface area contributed by atoms with E-state index >= 15 is 0 Å². The number of benzene rings is 1. The van der Waals surface area contributed by atoms with Gasteiger partial charge in [-0.25, -0.2) is 4.98 Å². The number of aliphatic imine (C=N–C) groups is 1. The van der Waals surface area contributed by atoms with E-state index in [0.29, 0.717) is 0 Å². The molecule has 0 radical (unpaired) electrons. The van der Waals surface area contributed by atoms with Gasteiger partial charge in [-0.3, -0.25) is 4.99 Å². The predicted octanol–water partition coefficient (Wildman–Crippen LogP) is 3.57. The lowest BCUT2D eigenvalue weighted by Gasteiger charge is -2.11. The van der Waals surface area contributed by atoms with Crippen molar-refractivity contribution in [2.45, 2.75) is 18.2 Å². The second-order valence-corrected chi connectivity index (χ2v) is 7.19. The maximum Gasteiger partial charge on any atom is 0.191 e. The second kappa shape index (κ2) is 11.7. The lowest BCUT2D eigenvalue weighted by molar-refractivity contribution is 0.808. The van der Waals surface area contributed by atoms with Crippen LogP contribution in [0, 0.1) is 6.92 Å². The van der Waals surface area contributed by atoms with Gasteiger partial charge in [0.05, 0.1) is 5.01 Å². The Morgan fingerprint density at radius 2 is 1.96 bits per heavy atom. The van der Waals surface area contributed by atoms with Gasteiger partial charge in [0.2, 0.25) is 0 Å². The fourth-order valence-electron chi connectivity index (χ4n) is 1.88. The number of hydrogen-bond donors (Lipinski definition) is 2. The minimum absolute atomic E-state index is 0. The van der Waals surface area contributed by atoms with Crippen LogP contribution in [0.2, 0.25) is 0 Å². The summed E-state index contributed by atoms with van der Waals surface area (Å²) in [5.41, 5.74) is 0. The van der Waals surface area contributed by atoms with Gasteiger partial charge in [0, 0.05) is 48.3 Å². The van der Waals surface area contributed by atoms with Crippen LogP contribution in [-0.2, 0) is 6.42 Å². The molecule has 0 saturated carbocycles. The zero-order valence-electron chi connectivity index (χ0n) is 13.4. The van der Waals surface area contributed by atoms with E-state index in [2.05, 4.69) is 51.8 Å². The molecular weight excluding hydrogens is 439 g/mol. The van der Waals surface area contributed by atoms with E-state index in [1.54, 1.807) is 18.4 Å². The Labute approximate surface area is 163 Å². The number of guanidine groups is 1. The molecule has 0 fully saturated rings. The maximum atomic E-state index is 4.36. The average Bonchev–Trinajstić information content (AvgIpc) is 2.96. The van der Waals surface area contributed by atoms with Crippen LogP contribution in [0.5, 0.6) is 0 Å². The van der Waals surface area contributed by atoms with Crippen molar-refractivity contribution in [3.63, 3.8) is 0 Å². The Balaban J connectivity index is 0.00000264. The van der Waals surface area contributed by atoms with Crippen LogP contribution in [0.1, 0.15) is 9.88 Å². The van der Waals surface area contributed by atoms with Gasteiger partial charge in [0.25, 0.3) is 0 Å². The number of thiazole rings is 1. The summed E-state index contributed by atoms with van der Waals surface area (Å²) in [4.78, 5) is 11.2. The molecule has 1 heterocycles. The Hall–Kier alpha value is -0.800. The predicted molar refractivity (Wildman–Crippen MR) is 113 cm³/mol. The first-order valence-electron chi connectivity index (χ1n) is 7.31. The molecule has 0 spiro atoms. The number of nitrogens with one attached hydrogen (secondary N) is 2. The third kappa shape index (κ3) is 8.03. The zero-order chi connectivity index (χ0) is 15.6. The van der Waals surface area contributed by atoms with Gasteiger partial charge >= 0.3 is 0 Å². The van der Waals surface area contributed by atoms with Crippen molar-refractivity contribution in [3.8, 4) is 0 Å². The van der Waals surface area contributed by atoms with Gasteiger partial charge in [-0.2, -0.15) is 0 Å². The largest absolute Gasteiger partial charge is 0.356 e. The van der Waals surface area contributed by atoms with Gasteiger partial charge in [0.15, 0.2) is 5.96 Å². The minimum Gasteiger partial charge on any atom is -0.356 e. The van der Waals surface area contributed by atoms with Crippen LogP contribution < -0.4 is 10.6 Å². The summed E-state index contributed by atoms with van der Waals surface area (Å²) in [6.07, 6.45) is 2.85. The monoisotopic (exact) mass is 462 g/mol. The number of aryl methyl sites for hydroxylation is 1. The Morgan fingerprint density at radius 1 is 1.22 bits per heavy atom. The van der Waals surface area contributed by atoms with Crippen LogP contribution in [0.4, 0.5) is 0 Å². The molecule has 0 saturated heterocycles. The first kappa shape index (κ1) is 20.2. The van der Waals surface area contributed by atoms with Crippen molar-refractivity contribution >= 4 is 53.0 Å². The normalized spacial score (nSPS) is 11.0. The van der Waals surface area contributed by atoms with Crippen LogP contribution in [0.3, 0.4) is 0 Å². The highest BCUT2D eigenvalue weighted by Crippen LogP contribution is 2.15. The SMILES string of the molecule is CN=C(NCCSc1ccccc1)NCCc1ncc(C)s1.I. The Bertz CT molecular complexity index is 587. The topological polar surface area (TPSA) is 49.3 Å². The molecule has 1 aromatic heterocycles. The molecule has 2 aromatic rings. The highest BCUT2D eigenvalue weighted by molar-refractivity contribution is 14.0. The fourth-order valence-corrected chi connectivity index (χ4v) is 3.46. The van der Waals surface area contributed by atoms with Crippen molar-refractivity contribution in [1.82, 2.24) is 15.6 Å². The molecule has 0 aliphatic carbocycles. The Kier molecular flexibility index (Phi) is 10.3. The molecule has 0 amide bonds. The minimum atomic E-state index is 0. The van der Waals surface area contributed by atoms with E-state index in [1.165, 1.54) is 14.8 Å². The number of rotatable bonds is 7. The summed E-state index contributed by atoms with van der Waals surface area (Å²) in [5.74, 6) is 1.86. The van der Waals surface area contributed by atoms with E-state index in [-0.39, 0.29) is 24.0 Å². The van der Waals surface area contributed by atoms with Crippen LogP contribution in [0.25, 0.3) is 0 Å². The second-order valence-electron chi connectivity index (χ2n) is 4.70. The molecule has 4 nitrogen and oxygen atoms in total. The first-order valence-corrected chi connectivity index (χ1v) is 9.12. The van der Waals surface area contributed by atoms with Crippen LogP contribution in [0.15, 0.2) is 46.4 Å². The molecule has 7 heteroatoms. The van der Waals surface area contributed by atoms with Crippen molar-refractivity contribution < 1.29 is 0 Å². The van der Waals surface area contributed by atoms with Crippen molar-refractivity contribution in [1.29, 1.82) is 0 Å². The summed E-state index contributed by atoms with van der Waals surface area (Å²) in [6, 6.07) is 10.4. The first-order chi connectivity index (χ1) is 10.8. The summed E-state index contributed by atoms with van der Waals surface area (Å²) in [7, 11) is 1.80. The fraction of sp³-hybridized carbons (Fsp3) is 0.375. The third-order valence-electron chi connectivity index (χ3n) is 2.93. The number of aromatic nitrogens is 1. The summed E-state index contributed by atoms with van der Waals surface area (Å²) in [5, 5.41) is 7.82. The van der Waals surface area contributed by atoms with E-state index < -0.39 is 0 Å². The van der Waals surface area contributed by atoms with E-state index in [4.69, 9.17) is 0 Å². The molecule has 0 aliphatic heterocycles. The van der Waals surface area contributed by atoms with Crippen LogP contribution >= 0.6 is 47.1 Å². The van der Waals surface area contributed by atoms with E-state index in [1.807, 2.05) is 24.0 Å². The van der Waals surface area contributed by atoms with Crippen molar-refractivity contribution in [2.75, 3.05) is 25.9 Å². The molecule has 0 unspecified atom stereocenters. The number of hydrogen-bond acceptors (Lipinski definition) is 4. The van der Waals surface area contributed by atoms with Crippen molar-refractivity contribution in [3.05, 3.63) is 46.4 Å². The standard InChI is InChI=1S/C16H22N4S2.HI/c1-13-12-20-15(22-13)8-9-18-16(17-2)19-10-11-21-14-6-4-3-5-7-14;/h3-7,12H,8-11H2,1-2H3,(H2,17,18,19);1H. The molecule has 2 N–H and O–H groups in total. The Morgan fingerprint density at radius 3 is 2.61 bits per heavy atom. The molecular formula is C16H23IN4S2. The van der Waals surface area contributed by atoms with E-state index in [9.17, 15) is 0 Å². The molecule has 0 aliphatic rings. The number of thioether (sulfide) groups is 1. The molecule has 23 heavy (non-hydrogen) atoms. The molecule has 126 valence electrons. The lowest BCUT2D eigenvalue weighted by Crippen LogP contribution is -2.39. The van der Waals surface area contributed by atoms with Gasteiger partial charge < -0.3 is 10.6 Å². The number of nitrogens with zero attached hydrogens (tertiary/aromatic N) is 2. The van der Waals surface area contributed by atoms with Crippen LogP contribution in [-0.4, -0.2) is 36.8 Å². The van der Waals surface area contributed by atoms with Gasteiger partial charge in [0.1, 0.15) is 0 Å². The highest BCUT2D eigenvalue weighted by atomic mass is 127. The zero-order valence-corrected chi connectivity index (χ0v) is 17.4. The molecule has 2 rings (SSSR count). The smallest absolute Gasteiger partial charge is 0.191 e. The van der Waals surface area contributed by atoms with Gasteiger partial charge in [-0.05, 0) is 19.1 Å². The van der Waals surface area contributed by atoms with Crippen molar-refractivity contribution in [2.24, 2.45) is 4.99 Å². The van der Waals surface area contributed by atoms with Gasteiger partial charge in [-0.1, -0.05) is 18.2 Å². The molecule has 1 aromatic carbocycles.